The number of aromatic hydroxyl groups is 1. The standard InChI is InChI=1S/C48H71N7O12S/c1-29(2)39(35-28-38(67-55-35)43(60)51-34(23-25-68-10)44(61)64-9)54-42(59)36(27-31-19-21-32(56)22-20-31)52-40(57)33(18-14-15-24-49-45(62)65-47(3,4)5)50-41(58)37(26-30-16-12-11-13-17-30)53-46(63)66-48(6,7)8/h11-13,16-17,19-22,29,33-34,36-39,56H,14-15,18,23-28H2,1-10H3,(H,49,62)(H,50,58)(H,51,60)(H,52,57)(H,53,63)(H,54,59)/t33-,34-,36-,37-,38?,39-/m0/s1. The summed E-state index contributed by atoms with van der Waals surface area (Å²) in [6.07, 6.45) is 0.474. The number of nitrogens with zero attached hydrogens (tertiary/aromatic N) is 1. The largest absolute Gasteiger partial charge is 0.508 e. The molecule has 0 saturated heterocycles. The molecule has 0 bridgehead atoms. The van der Waals surface area contributed by atoms with Crippen LogP contribution in [0.3, 0.4) is 0 Å². The smallest absolute Gasteiger partial charge is 0.408 e. The van der Waals surface area contributed by atoms with Gasteiger partial charge in [-0.15, -0.1) is 0 Å². The Labute approximate surface area is 403 Å². The van der Waals surface area contributed by atoms with Crippen molar-refractivity contribution >= 4 is 59.3 Å². The first kappa shape index (κ1) is 56.3. The predicted molar refractivity (Wildman–Crippen MR) is 258 cm³/mol. The lowest BCUT2D eigenvalue weighted by molar-refractivity contribution is -0.146. The third kappa shape index (κ3) is 20.4. The fourth-order valence-electron chi connectivity index (χ4n) is 6.88. The topological polar surface area (TPSA) is 261 Å². The normalized spacial score (nSPS) is 15.8. The fraction of sp³-hybridized carbons (Fsp3) is 0.583. The van der Waals surface area contributed by atoms with Gasteiger partial charge in [-0.05, 0) is 108 Å². The van der Waals surface area contributed by atoms with Gasteiger partial charge in [0.2, 0.25) is 23.8 Å². The number of carbonyl (C=O) groups is 7. The lowest BCUT2D eigenvalue weighted by atomic mass is 9.94. The van der Waals surface area contributed by atoms with Crippen LogP contribution in [0.15, 0.2) is 59.8 Å². The number of phenolic OH excluding ortho intramolecular Hbond substituents is 1. The molecule has 20 heteroatoms. The lowest BCUT2D eigenvalue weighted by Gasteiger charge is -2.28. The summed E-state index contributed by atoms with van der Waals surface area (Å²) < 4.78 is 15.7. The molecular weight excluding hydrogens is 899 g/mol. The highest BCUT2D eigenvalue weighted by atomic mass is 32.2. The van der Waals surface area contributed by atoms with Crippen molar-refractivity contribution in [3.63, 3.8) is 0 Å². The minimum atomic E-state index is -1.25. The van der Waals surface area contributed by atoms with E-state index in [-0.39, 0.29) is 43.9 Å². The molecule has 0 spiro atoms. The quantitative estimate of drug-likeness (QED) is 0.0437. The van der Waals surface area contributed by atoms with Gasteiger partial charge in [0, 0.05) is 25.8 Å². The molecule has 19 nitrogen and oxygen atoms in total. The second-order valence-electron chi connectivity index (χ2n) is 18.8. The zero-order chi connectivity index (χ0) is 50.6. The summed E-state index contributed by atoms with van der Waals surface area (Å²) in [5.74, 6) is -2.89. The highest BCUT2D eigenvalue weighted by molar-refractivity contribution is 7.98. The molecule has 0 radical (unpaired) electrons. The number of thioether (sulfide) groups is 1. The molecule has 2 aromatic carbocycles. The monoisotopic (exact) mass is 969 g/mol. The highest BCUT2D eigenvalue weighted by Crippen LogP contribution is 2.20. The summed E-state index contributed by atoms with van der Waals surface area (Å²) >= 11 is 1.51. The number of hydrogen-bond donors (Lipinski definition) is 7. The number of esters is 1. The number of alkyl carbamates (subject to hydrolysis) is 2. The van der Waals surface area contributed by atoms with Crippen LogP contribution in [0.1, 0.15) is 98.6 Å². The average molecular weight is 970 g/mol. The Kier molecular flexibility index (Phi) is 22.4. The van der Waals surface area contributed by atoms with Gasteiger partial charge in [-0.25, -0.2) is 14.4 Å². The maximum absolute atomic E-state index is 14.5. The highest BCUT2D eigenvalue weighted by Gasteiger charge is 2.38. The van der Waals surface area contributed by atoms with E-state index in [4.69, 9.17) is 19.0 Å². The molecule has 3 rings (SSSR count). The Morgan fingerprint density at radius 2 is 1.28 bits per heavy atom. The molecule has 1 aliphatic rings. The van der Waals surface area contributed by atoms with Gasteiger partial charge in [0.25, 0.3) is 5.91 Å². The molecule has 6 atom stereocenters. The van der Waals surface area contributed by atoms with Crippen LogP contribution in [0, 0.1) is 5.92 Å². The zero-order valence-corrected chi connectivity index (χ0v) is 41.7. The molecule has 6 amide bonds. The molecule has 0 saturated carbocycles. The fourth-order valence-corrected chi connectivity index (χ4v) is 7.35. The molecule has 7 N–H and O–H groups in total. The van der Waals surface area contributed by atoms with Crippen molar-refractivity contribution in [3.05, 3.63) is 65.7 Å². The van der Waals surface area contributed by atoms with Crippen molar-refractivity contribution in [1.82, 2.24) is 31.9 Å². The first-order valence-corrected chi connectivity index (χ1v) is 24.2. The van der Waals surface area contributed by atoms with E-state index >= 15 is 0 Å². The maximum atomic E-state index is 14.5. The van der Waals surface area contributed by atoms with Gasteiger partial charge in [-0.3, -0.25) is 19.2 Å². The lowest BCUT2D eigenvalue weighted by Crippen LogP contribution is -2.59. The van der Waals surface area contributed by atoms with Crippen molar-refractivity contribution in [2.45, 2.75) is 148 Å². The van der Waals surface area contributed by atoms with Gasteiger partial charge in [0.05, 0.1) is 18.9 Å². The van der Waals surface area contributed by atoms with Crippen molar-refractivity contribution in [1.29, 1.82) is 0 Å². The number of hydrogen-bond acceptors (Lipinski definition) is 14. The van der Waals surface area contributed by atoms with E-state index < -0.39 is 89.3 Å². The van der Waals surface area contributed by atoms with Crippen molar-refractivity contribution < 1.29 is 57.7 Å². The van der Waals surface area contributed by atoms with Crippen LogP contribution >= 0.6 is 11.8 Å². The van der Waals surface area contributed by atoms with E-state index in [2.05, 4.69) is 37.1 Å². The van der Waals surface area contributed by atoms with Crippen LogP contribution in [0.2, 0.25) is 0 Å². The minimum absolute atomic E-state index is 0.00125. The van der Waals surface area contributed by atoms with Gasteiger partial charge in [-0.1, -0.05) is 61.5 Å². The van der Waals surface area contributed by atoms with Gasteiger partial charge >= 0.3 is 18.2 Å². The van der Waals surface area contributed by atoms with Gasteiger partial charge < -0.3 is 56.1 Å². The average Bonchev–Trinajstić information content (AvgIpc) is 3.75. The molecule has 376 valence electrons. The molecule has 0 aliphatic carbocycles. The van der Waals surface area contributed by atoms with Crippen LogP contribution in [0.4, 0.5) is 9.59 Å². The van der Waals surface area contributed by atoms with E-state index in [9.17, 15) is 38.7 Å². The Bertz CT molecular complexity index is 2020. The first-order valence-electron chi connectivity index (χ1n) is 22.8. The van der Waals surface area contributed by atoms with Crippen molar-refractivity contribution in [3.8, 4) is 5.75 Å². The van der Waals surface area contributed by atoms with Crippen LogP contribution in [0.25, 0.3) is 0 Å². The van der Waals surface area contributed by atoms with E-state index in [0.29, 0.717) is 36.3 Å². The van der Waals surface area contributed by atoms with Crippen LogP contribution in [-0.2, 0) is 55.9 Å². The van der Waals surface area contributed by atoms with Crippen molar-refractivity contribution in [2.75, 3.05) is 25.7 Å². The Balaban J connectivity index is 1.90. The number of ether oxygens (including phenoxy) is 3. The van der Waals surface area contributed by atoms with E-state index in [1.165, 1.54) is 31.0 Å². The Hall–Kier alpha value is -6.05. The van der Waals surface area contributed by atoms with Gasteiger partial charge in [0.1, 0.15) is 41.1 Å². The third-order valence-corrected chi connectivity index (χ3v) is 10.9. The Morgan fingerprint density at radius 3 is 1.87 bits per heavy atom. The Morgan fingerprint density at radius 1 is 0.721 bits per heavy atom. The summed E-state index contributed by atoms with van der Waals surface area (Å²) in [5, 5.41) is 30.8. The first-order chi connectivity index (χ1) is 32.0. The summed E-state index contributed by atoms with van der Waals surface area (Å²) in [6, 6.07) is 9.77. The number of nitrogens with one attached hydrogen (secondary N) is 6. The predicted octanol–water partition coefficient (Wildman–Crippen LogP) is 4.43. The molecule has 1 heterocycles. The van der Waals surface area contributed by atoms with Gasteiger partial charge in [0.15, 0.2) is 0 Å². The number of phenols is 1. The molecule has 1 unspecified atom stereocenters. The van der Waals surface area contributed by atoms with E-state index in [1.807, 2.05) is 26.2 Å². The van der Waals surface area contributed by atoms with E-state index in [1.54, 1.807) is 77.9 Å². The molecule has 0 aromatic heterocycles. The summed E-state index contributed by atoms with van der Waals surface area (Å²) in [7, 11) is 1.24. The second kappa shape index (κ2) is 27.1. The maximum Gasteiger partial charge on any atom is 0.408 e. The summed E-state index contributed by atoms with van der Waals surface area (Å²) in [6.45, 7) is 14.2. The van der Waals surface area contributed by atoms with E-state index in [0.717, 1.165) is 5.56 Å². The molecule has 2 aromatic rings. The molecular formula is C48H71N7O12S. The zero-order valence-electron chi connectivity index (χ0n) is 40.9. The number of benzene rings is 2. The number of amides is 6. The summed E-state index contributed by atoms with van der Waals surface area (Å²) in [5.41, 5.74) is 0.0900. The van der Waals surface area contributed by atoms with Gasteiger partial charge in [-0.2, -0.15) is 11.8 Å². The summed E-state index contributed by atoms with van der Waals surface area (Å²) in [4.78, 5) is 99.7. The van der Waals surface area contributed by atoms with Crippen LogP contribution < -0.4 is 31.9 Å². The van der Waals surface area contributed by atoms with Crippen LogP contribution in [0.5, 0.6) is 5.75 Å². The van der Waals surface area contributed by atoms with Crippen molar-refractivity contribution in [2.24, 2.45) is 11.1 Å². The number of unbranched alkanes of at least 4 members (excludes halogenated alkanes) is 1. The SMILES string of the molecule is COC(=O)[C@H](CCSC)NC(=O)C1CC([C@@H](NC(=O)[C@H](Cc2ccc(O)cc2)NC(=O)[C@H](CCCCNC(=O)OC(C)(C)C)NC(=O)[C@H](Cc2ccccc2)NC(=O)OC(C)(C)C)C(C)C)=NO1. The third-order valence-electron chi connectivity index (χ3n) is 10.2. The number of rotatable bonds is 24. The molecule has 68 heavy (non-hydrogen) atoms. The minimum Gasteiger partial charge on any atom is -0.508 e. The molecule has 1 aliphatic heterocycles. The second-order valence-corrected chi connectivity index (χ2v) is 19.8. The number of carbonyl (C=O) groups excluding carboxylic acids is 7. The number of oxime groups is 1. The van der Waals surface area contributed by atoms with Crippen LogP contribution in [-0.4, -0.2) is 126 Å². The number of methoxy groups -OCH3 is 1. The molecule has 0 fully saturated rings.